The second-order valence-corrected chi connectivity index (χ2v) is 4.03. The third-order valence-electron chi connectivity index (χ3n) is 2.85. The van der Waals surface area contributed by atoms with Gasteiger partial charge in [0.25, 0.3) is 0 Å². The Labute approximate surface area is 84.5 Å². The lowest BCUT2D eigenvalue weighted by Gasteiger charge is -2.35. The predicted molar refractivity (Wildman–Crippen MR) is 55.0 cm³/mol. The molecule has 0 amide bonds. The molecule has 1 saturated heterocycles. The van der Waals surface area contributed by atoms with Crippen molar-refractivity contribution in [1.82, 2.24) is 0 Å². The molecule has 14 heavy (non-hydrogen) atoms. The smallest absolute Gasteiger partial charge is 0.0943 e. The van der Waals surface area contributed by atoms with Crippen LogP contribution in [-0.2, 0) is 10.3 Å². The zero-order valence-corrected chi connectivity index (χ0v) is 8.44. The monoisotopic (exact) mass is 192 g/mol. The Morgan fingerprint density at radius 3 is 2.71 bits per heavy atom. The molecule has 0 saturated carbocycles. The Hall–Kier alpha value is -0.860. The van der Waals surface area contributed by atoms with Gasteiger partial charge < -0.3 is 9.84 Å². The number of benzene rings is 1. The third kappa shape index (κ3) is 1.81. The van der Waals surface area contributed by atoms with Gasteiger partial charge >= 0.3 is 0 Å². The van der Waals surface area contributed by atoms with Crippen molar-refractivity contribution in [1.29, 1.82) is 0 Å². The summed E-state index contributed by atoms with van der Waals surface area (Å²) in [5.74, 6) is 0. The largest absolute Gasteiger partial charge is 0.385 e. The molecule has 1 aliphatic heterocycles. The quantitative estimate of drug-likeness (QED) is 0.738. The predicted octanol–water partition coefficient (Wildman–Crippen LogP) is 2.07. The average molecular weight is 192 g/mol. The van der Waals surface area contributed by atoms with Gasteiger partial charge in [-0.2, -0.15) is 0 Å². The lowest BCUT2D eigenvalue weighted by molar-refractivity contribution is -0.101. The van der Waals surface area contributed by atoms with Crippen LogP contribution in [0.15, 0.2) is 30.3 Å². The highest BCUT2D eigenvalue weighted by molar-refractivity contribution is 5.22. The van der Waals surface area contributed by atoms with Crippen molar-refractivity contribution in [3.05, 3.63) is 35.9 Å². The second-order valence-electron chi connectivity index (χ2n) is 4.03. The molecule has 0 aliphatic carbocycles. The van der Waals surface area contributed by atoms with Crippen LogP contribution in [0.1, 0.15) is 25.3 Å². The summed E-state index contributed by atoms with van der Waals surface area (Å²) in [5, 5.41) is 10.4. The Morgan fingerprint density at radius 1 is 1.36 bits per heavy atom. The Morgan fingerprint density at radius 2 is 2.07 bits per heavy atom. The normalized spacial score (nSPS) is 32.9. The van der Waals surface area contributed by atoms with Crippen LogP contribution in [0.4, 0.5) is 0 Å². The molecule has 2 atom stereocenters. The second kappa shape index (κ2) is 3.71. The number of aliphatic hydroxyl groups is 1. The summed E-state index contributed by atoms with van der Waals surface area (Å²) >= 11 is 0. The first kappa shape index (κ1) is 9.69. The minimum atomic E-state index is -0.682. The summed E-state index contributed by atoms with van der Waals surface area (Å²) in [5.41, 5.74) is 0.328. The molecule has 2 heteroatoms. The van der Waals surface area contributed by atoms with E-state index in [-0.39, 0.29) is 6.10 Å². The van der Waals surface area contributed by atoms with Crippen LogP contribution in [0, 0.1) is 0 Å². The van der Waals surface area contributed by atoms with Crippen LogP contribution in [-0.4, -0.2) is 17.8 Å². The van der Waals surface area contributed by atoms with E-state index in [1.54, 1.807) is 0 Å². The van der Waals surface area contributed by atoms with Crippen molar-refractivity contribution < 1.29 is 9.84 Å². The van der Waals surface area contributed by atoms with Crippen molar-refractivity contribution >= 4 is 0 Å². The van der Waals surface area contributed by atoms with Gasteiger partial charge in [-0.25, -0.2) is 0 Å². The van der Waals surface area contributed by atoms with E-state index in [2.05, 4.69) is 0 Å². The van der Waals surface area contributed by atoms with Crippen molar-refractivity contribution in [3.63, 3.8) is 0 Å². The first-order valence-corrected chi connectivity index (χ1v) is 5.10. The molecule has 0 radical (unpaired) electrons. The molecule has 0 bridgehead atoms. The Bertz CT molecular complexity index is 296. The van der Waals surface area contributed by atoms with Gasteiger partial charge in [-0.15, -0.1) is 0 Å². The molecule has 1 fully saturated rings. The fourth-order valence-electron chi connectivity index (χ4n) is 2.08. The number of hydrogen-bond donors (Lipinski definition) is 1. The van der Waals surface area contributed by atoms with E-state index < -0.39 is 5.60 Å². The summed E-state index contributed by atoms with van der Waals surface area (Å²) in [6.45, 7) is 2.65. The molecule has 2 rings (SSSR count). The van der Waals surface area contributed by atoms with Gasteiger partial charge in [0.15, 0.2) is 0 Å². The van der Waals surface area contributed by atoms with E-state index in [9.17, 15) is 5.11 Å². The highest BCUT2D eigenvalue weighted by Gasteiger charge is 2.34. The lowest BCUT2D eigenvalue weighted by atomic mass is 9.84. The van der Waals surface area contributed by atoms with Gasteiger partial charge in [-0.1, -0.05) is 30.3 Å². The van der Waals surface area contributed by atoms with Gasteiger partial charge in [0.1, 0.15) is 0 Å². The molecule has 0 spiro atoms. The van der Waals surface area contributed by atoms with E-state index in [1.165, 1.54) is 0 Å². The van der Waals surface area contributed by atoms with Crippen LogP contribution in [0.3, 0.4) is 0 Å². The Kier molecular flexibility index (Phi) is 2.57. The maximum absolute atomic E-state index is 10.4. The zero-order chi connectivity index (χ0) is 10.0. The Balaban J connectivity index is 2.23. The fourth-order valence-corrected chi connectivity index (χ4v) is 2.08. The molecule has 1 heterocycles. The fraction of sp³-hybridized carbons (Fsp3) is 0.500. The van der Waals surface area contributed by atoms with Crippen LogP contribution in [0.25, 0.3) is 0 Å². The summed E-state index contributed by atoms with van der Waals surface area (Å²) in [6.07, 6.45) is 1.53. The molecule has 76 valence electrons. The average Bonchev–Trinajstić information content (AvgIpc) is 2.19. The topological polar surface area (TPSA) is 29.5 Å². The molecular weight excluding hydrogens is 176 g/mol. The van der Waals surface area contributed by atoms with Crippen molar-refractivity contribution in [2.75, 3.05) is 6.61 Å². The van der Waals surface area contributed by atoms with Gasteiger partial charge in [0, 0.05) is 12.8 Å². The maximum Gasteiger partial charge on any atom is 0.0943 e. The lowest BCUT2D eigenvalue weighted by Crippen LogP contribution is -2.37. The summed E-state index contributed by atoms with van der Waals surface area (Å²) in [7, 11) is 0. The molecule has 1 aliphatic rings. The van der Waals surface area contributed by atoms with Crippen LogP contribution in [0.5, 0.6) is 0 Å². The number of rotatable bonds is 1. The summed E-state index contributed by atoms with van der Waals surface area (Å²) < 4.78 is 5.43. The first-order chi connectivity index (χ1) is 6.71. The van der Waals surface area contributed by atoms with E-state index in [0.717, 1.165) is 5.56 Å². The molecule has 2 unspecified atom stereocenters. The van der Waals surface area contributed by atoms with Crippen LogP contribution >= 0.6 is 0 Å². The zero-order valence-electron chi connectivity index (χ0n) is 8.44. The molecule has 2 nitrogen and oxygen atoms in total. The van der Waals surface area contributed by atoms with Crippen molar-refractivity contribution in [2.24, 2.45) is 0 Å². The summed E-state index contributed by atoms with van der Waals surface area (Å²) in [6, 6.07) is 9.87. The van der Waals surface area contributed by atoms with Gasteiger partial charge in [0.2, 0.25) is 0 Å². The number of ether oxygens (including phenoxy) is 1. The first-order valence-electron chi connectivity index (χ1n) is 5.10. The molecule has 0 aromatic heterocycles. The van der Waals surface area contributed by atoms with Crippen LogP contribution < -0.4 is 0 Å². The molecule has 1 N–H and O–H groups in total. The van der Waals surface area contributed by atoms with Crippen molar-refractivity contribution in [3.8, 4) is 0 Å². The van der Waals surface area contributed by atoms with Gasteiger partial charge in [0.05, 0.1) is 18.3 Å². The van der Waals surface area contributed by atoms with E-state index in [4.69, 9.17) is 4.74 Å². The van der Waals surface area contributed by atoms with E-state index in [1.807, 2.05) is 37.3 Å². The summed E-state index contributed by atoms with van der Waals surface area (Å²) in [4.78, 5) is 0. The van der Waals surface area contributed by atoms with E-state index >= 15 is 0 Å². The standard InChI is InChI=1S/C12H16O2/c1-10-9-12(13,7-8-14-10)11-5-3-2-4-6-11/h2-6,10,13H,7-9H2,1H3. The van der Waals surface area contributed by atoms with Crippen LogP contribution in [0.2, 0.25) is 0 Å². The van der Waals surface area contributed by atoms with Crippen molar-refractivity contribution in [2.45, 2.75) is 31.5 Å². The third-order valence-corrected chi connectivity index (χ3v) is 2.85. The minimum Gasteiger partial charge on any atom is -0.385 e. The van der Waals surface area contributed by atoms with Gasteiger partial charge in [-0.3, -0.25) is 0 Å². The van der Waals surface area contributed by atoms with Gasteiger partial charge in [-0.05, 0) is 12.5 Å². The SMILES string of the molecule is CC1CC(O)(c2ccccc2)CCO1. The minimum absolute atomic E-state index is 0.147. The highest BCUT2D eigenvalue weighted by Crippen LogP contribution is 2.34. The highest BCUT2D eigenvalue weighted by atomic mass is 16.5. The maximum atomic E-state index is 10.4. The van der Waals surface area contributed by atoms with E-state index in [0.29, 0.717) is 19.4 Å². The number of hydrogen-bond acceptors (Lipinski definition) is 2. The molecular formula is C12H16O2. The molecule has 1 aromatic rings. The molecule has 1 aromatic carbocycles.